The minimum absolute atomic E-state index is 0.0855. The van der Waals surface area contributed by atoms with Crippen LogP contribution in [0.2, 0.25) is 0 Å². The highest BCUT2D eigenvalue weighted by Gasteiger charge is 2.50. The summed E-state index contributed by atoms with van der Waals surface area (Å²) in [5.41, 5.74) is -0.683. The number of carbonyl (C=O) groups excluding carboxylic acids is 1. The van der Waals surface area contributed by atoms with E-state index in [0.29, 0.717) is 19.7 Å². The summed E-state index contributed by atoms with van der Waals surface area (Å²) in [4.78, 5) is 13.8. The monoisotopic (exact) mass is 607 g/mol. The Morgan fingerprint density at radius 3 is 1.69 bits per heavy atom. The van der Waals surface area contributed by atoms with Crippen LogP contribution in [0, 0.1) is 10.8 Å². The molecule has 0 spiro atoms. The van der Waals surface area contributed by atoms with Crippen molar-refractivity contribution in [1.82, 2.24) is 9.99 Å². The number of nitrogens with zero attached hydrogens (tertiary/aromatic N) is 1. The van der Waals surface area contributed by atoms with Crippen molar-refractivity contribution in [2.45, 2.75) is 59.9 Å². The first-order valence-corrected chi connectivity index (χ1v) is 19.2. The normalized spacial score (nSPS) is 17.0. The Hall–Kier alpha value is -2.29. The lowest BCUT2D eigenvalue weighted by Gasteiger charge is -2.40. The molecule has 1 amide bonds. The fourth-order valence-corrected chi connectivity index (χ4v) is 13.3. The zero-order valence-corrected chi connectivity index (χ0v) is 28.0. The van der Waals surface area contributed by atoms with Gasteiger partial charge in [-0.2, -0.15) is 0 Å². The molecule has 3 aromatic carbocycles. The Morgan fingerprint density at radius 2 is 1.29 bits per heavy atom. The maximum atomic E-state index is 13.8. The second-order valence-corrected chi connectivity index (χ2v) is 19.0. The van der Waals surface area contributed by atoms with E-state index >= 15 is 0 Å². The number of hydrogen-bond donors (Lipinski definition) is 1. The lowest BCUT2D eigenvalue weighted by Crippen LogP contribution is -2.49. The van der Waals surface area contributed by atoms with Crippen molar-refractivity contribution in [3.05, 3.63) is 91.0 Å². The van der Waals surface area contributed by atoms with Crippen LogP contribution in [-0.2, 0) is 13.9 Å². The SMILES string of the molecule is CCOP(C)(=O)N1CCC(NC(=O)C(C)(C)CC(C)(C)C[P+](c2ccccc2)(c2ccccc2)c2ccccc2)CC1. The molecule has 4 rings (SSSR count). The van der Waals surface area contributed by atoms with Gasteiger partial charge in [0.05, 0.1) is 12.8 Å². The second-order valence-electron chi connectivity index (χ2n) is 13.1. The molecule has 0 saturated carbocycles. The van der Waals surface area contributed by atoms with E-state index in [-0.39, 0.29) is 17.4 Å². The van der Waals surface area contributed by atoms with E-state index in [1.54, 1.807) is 6.66 Å². The average Bonchev–Trinajstić information content (AvgIpc) is 2.97. The van der Waals surface area contributed by atoms with Crippen molar-refractivity contribution in [1.29, 1.82) is 0 Å². The number of piperidine rings is 1. The van der Waals surface area contributed by atoms with Gasteiger partial charge in [-0.15, -0.1) is 0 Å². The third-order valence-electron chi connectivity index (χ3n) is 8.48. The minimum atomic E-state index is -2.76. The third kappa shape index (κ3) is 7.61. The summed E-state index contributed by atoms with van der Waals surface area (Å²) in [6.07, 6.45) is 3.27. The largest absolute Gasteiger partial charge is 0.353 e. The molecule has 0 aromatic heterocycles. The number of rotatable bonds is 12. The molecular weight excluding hydrogens is 558 g/mol. The van der Waals surface area contributed by atoms with Crippen molar-refractivity contribution in [2.24, 2.45) is 10.8 Å². The molecule has 1 aliphatic heterocycles. The van der Waals surface area contributed by atoms with Gasteiger partial charge in [-0.1, -0.05) is 82.3 Å². The Kier molecular flexibility index (Phi) is 10.5. The van der Waals surface area contributed by atoms with Crippen LogP contribution in [0.4, 0.5) is 0 Å². The van der Waals surface area contributed by atoms with Crippen LogP contribution >= 0.6 is 14.8 Å². The molecule has 1 N–H and O–H groups in total. The molecule has 0 aliphatic carbocycles. The molecule has 5 nitrogen and oxygen atoms in total. The van der Waals surface area contributed by atoms with Gasteiger partial charge in [-0.3, -0.25) is 9.36 Å². The van der Waals surface area contributed by atoms with E-state index in [9.17, 15) is 9.36 Å². The molecule has 1 fully saturated rings. The molecule has 226 valence electrons. The van der Waals surface area contributed by atoms with Crippen LogP contribution < -0.4 is 21.2 Å². The zero-order chi connectivity index (χ0) is 30.4. The quantitative estimate of drug-likeness (QED) is 0.229. The Bertz CT molecular complexity index is 1240. The van der Waals surface area contributed by atoms with Gasteiger partial charge in [0.1, 0.15) is 23.2 Å². The fourth-order valence-electron chi connectivity index (χ4n) is 6.82. The number of amides is 1. The molecule has 3 aromatic rings. The van der Waals surface area contributed by atoms with E-state index < -0.39 is 20.2 Å². The van der Waals surface area contributed by atoms with Crippen molar-refractivity contribution in [3.63, 3.8) is 0 Å². The Balaban J connectivity index is 1.56. The van der Waals surface area contributed by atoms with Gasteiger partial charge in [0, 0.05) is 36.6 Å². The standard InChI is InChI=1S/C35H48N2O3P2/c1-7-40-41(6,39)37-25-23-29(24-26-37)36-33(38)35(4,5)27-34(2,3)28-42(30-17-11-8-12-18-30,31-19-13-9-14-20-31)32-21-15-10-16-22-32/h8-22,29H,7,23-28H2,1-6H3/p+1. The lowest BCUT2D eigenvalue weighted by molar-refractivity contribution is -0.131. The first-order chi connectivity index (χ1) is 19.9. The molecule has 1 aliphatic rings. The zero-order valence-electron chi connectivity index (χ0n) is 26.3. The number of nitrogens with one attached hydrogen (secondary N) is 1. The Labute approximate surface area is 254 Å². The van der Waals surface area contributed by atoms with Crippen molar-refractivity contribution in [3.8, 4) is 0 Å². The maximum Gasteiger partial charge on any atom is 0.269 e. The number of hydrogen-bond acceptors (Lipinski definition) is 3. The van der Waals surface area contributed by atoms with Crippen molar-refractivity contribution >= 4 is 36.6 Å². The maximum absolute atomic E-state index is 13.8. The first kappa shape index (κ1) is 32.6. The molecule has 1 saturated heterocycles. The smallest absolute Gasteiger partial charge is 0.269 e. The van der Waals surface area contributed by atoms with Gasteiger partial charge in [0.2, 0.25) is 5.91 Å². The predicted molar refractivity (Wildman–Crippen MR) is 180 cm³/mol. The summed E-state index contributed by atoms with van der Waals surface area (Å²) in [5, 5.41) is 7.45. The molecule has 0 radical (unpaired) electrons. The van der Waals surface area contributed by atoms with Gasteiger partial charge >= 0.3 is 0 Å². The highest BCUT2D eigenvalue weighted by atomic mass is 31.2. The van der Waals surface area contributed by atoms with Crippen LogP contribution in [0.1, 0.15) is 53.9 Å². The molecule has 1 heterocycles. The number of benzene rings is 3. The van der Waals surface area contributed by atoms with E-state index in [1.165, 1.54) is 15.9 Å². The molecule has 7 heteroatoms. The van der Waals surface area contributed by atoms with Crippen LogP contribution in [0.3, 0.4) is 0 Å². The van der Waals surface area contributed by atoms with Crippen molar-refractivity contribution < 1.29 is 13.9 Å². The van der Waals surface area contributed by atoms with Gasteiger partial charge in [0.15, 0.2) is 0 Å². The van der Waals surface area contributed by atoms with Crippen LogP contribution in [0.25, 0.3) is 0 Å². The van der Waals surface area contributed by atoms with Crippen LogP contribution in [0.5, 0.6) is 0 Å². The van der Waals surface area contributed by atoms with E-state index in [2.05, 4.69) is 124 Å². The van der Waals surface area contributed by atoms with Gasteiger partial charge < -0.3 is 9.84 Å². The molecule has 42 heavy (non-hydrogen) atoms. The topological polar surface area (TPSA) is 58.6 Å². The van der Waals surface area contributed by atoms with E-state index in [0.717, 1.165) is 25.4 Å². The van der Waals surface area contributed by atoms with Gasteiger partial charge in [-0.05, 0) is 62.6 Å². The van der Waals surface area contributed by atoms with Crippen LogP contribution in [0.15, 0.2) is 91.0 Å². The fraction of sp³-hybridized carbons (Fsp3) is 0.457. The minimum Gasteiger partial charge on any atom is -0.353 e. The first-order valence-electron chi connectivity index (χ1n) is 15.2. The molecule has 1 unspecified atom stereocenters. The average molecular weight is 608 g/mol. The summed E-state index contributed by atoms with van der Waals surface area (Å²) in [6.45, 7) is 14.2. The summed E-state index contributed by atoms with van der Waals surface area (Å²) in [5.74, 6) is 0.0987. The third-order valence-corrected chi connectivity index (χ3v) is 15.5. The number of carbonyl (C=O) groups is 1. The summed E-state index contributed by atoms with van der Waals surface area (Å²) < 4.78 is 20.3. The molecule has 0 bridgehead atoms. The van der Waals surface area contributed by atoms with E-state index in [1.807, 2.05) is 11.6 Å². The predicted octanol–water partition coefficient (Wildman–Crippen LogP) is 6.86. The summed E-state index contributed by atoms with van der Waals surface area (Å²) in [7, 11) is -4.79. The Morgan fingerprint density at radius 1 is 0.857 bits per heavy atom. The summed E-state index contributed by atoms with van der Waals surface area (Å²) >= 11 is 0. The highest BCUT2D eigenvalue weighted by Crippen LogP contribution is 2.60. The van der Waals surface area contributed by atoms with Crippen molar-refractivity contribution in [2.75, 3.05) is 32.5 Å². The van der Waals surface area contributed by atoms with Crippen LogP contribution in [-0.4, -0.2) is 49.1 Å². The van der Waals surface area contributed by atoms with E-state index in [4.69, 9.17) is 4.52 Å². The highest BCUT2D eigenvalue weighted by molar-refractivity contribution is 7.95. The molecular formula is C35H49N2O3P2+. The van der Waals surface area contributed by atoms with Gasteiger partial charge in [-0.25, -0.2) is 4.67 Å². The van der Waals surface area contributed by atoms with Gasteiger partial charge in [0.25, 0.3) is 7.52 Å². The lowest BCUT2D eigenvalue weighted by atomic mass is 9.75. The summed E-state index contributed by atoms with van der Waals surface area (Å²) in [6, 6.07) is 33.0. The second kappa shape index (κ2) is 13.6. The molecule has 1 atom stereocenters.